The number of carbonyl (C=O) groups is 1. The molecule has 1 rings (SSSR count). The maximum Gasteiger partial charge on any atom is 0.252 e. The molecule has 4 heteroatoms. The molecule has 2 N–H and O–H groups in total. The largest absolute Gasteiger partial charge is 0.394 e. The van der Waals surface area contributed by atoms with Crippen LogP contribution in [0.4, 0.5) is 0 Å². The van der Waals surface area contributed by atoms with Crippen LogP contribution in [0.25, 0.3) is 0 Å². The van der Waals surface area contributed by atoms with E-state index < -0.39 is 0 Å². The fourth-order valence-electron chi connectivity index (χ4n) is 1.25. The number of aliphatic hydroxyl groups is 1. The van der Waals surface area contributed by atoms with Gasteiger partial charge in [-0.2, -0.15) is 0 Å². The summed E-state index contributed by atoms with van der Waals surface area (Å²) in [4.78, 5) is 11.5. The number of hydrogen-bond donors (Lipinski definition) is 2. The maximum atomic E-state index is 11.5. The Morgan fingerprint density at radius 1 is 1.60 bits per heavy atom. The third kappa shape index (κ3) is 2.59. The van der Waals surface area contributed by atoms with E-state index in [2.05, 4.69) is 5.32 Å². The molecule has 0 saturated carbocycles. The summed E-state index contributed by atoms with van der Waals surface area (Å²) in [5, 5.41) is 11.9. The lowest BCUT2D eigenvalue weighted by Crippen LogP contribution is -2.29. The summed E-state index contributed by atoms with van der Waals surface area (Å²) in [6.07, 6.45) is 3.56. The van der Waals surface area contributed by atoms with Gasteiger partial charge in [0.15, 0.2) is 0 Å². The average molecular weight is 210 g/mol. The van der Waals surface area contributed by atoms with E-state index in [9.17, 15) is 9.90 Å². The van der Waals surface area contributed by atoms with Gasteiger partial charge in [-0.15, -0.1) is 0 Å². The lowest BCUT2D eigenvalue weighted by Gasteiger charge is -2.23. The number of rotatable bonds is 4. The van der Waals surface area contributed by atoms with Crippen LogP contribution in [-0.2, 0) is 5.54 Å². The van der Waals surface area contributed by atoms with Crippen molar-refractivity contribution in [1.82, 2.24) is 9.88 Å². The SMILES string of the molecule is CCNC(=O)c1ccn(C(C)(C)CO)c1. The monoisotopic (exact) mass is 210 g/mol. The smallest absolute Gasteiger partial charge is 0.252 e. The van der Waals surface area contributed by atoms with Crippen molar-refractivity contribution in [3.05, 3.63) is 24.0 Å². The fraction of sp³-hybridized carbons (Fsp3) is 0.545. The van der Waals surface area contributed by atoms with Crippen molar-refractivity contribution >= 4 is 5.91 Å². The van der Waals surface area contributed by atoms with Gasteiger partial charge in [-0.25, -0.2) is 0 Å². The lowest BCUT2D eigenvalue weighted by molar-refractivity contribution is 0.0955. The summed E-state index contributed by atoms with van der Waals surface area (Å²) >= 11 is 0. The highest BCUT2D eigenvalue weighted by atomic mass is 16.3. The minimum Gasteiger partial charge on any atom is -0.394 e. The van der Waals surface area contributed by atoms with Crippen molar-refractivity contribution in [3.8, 4) is 0 Å². The number of carbonyl (C=O) groups excluding carboxylic acids is 1. The van der Waals surface area contributed by atoms with Crippen molar-refractivity contribution in [2.24, 2.45) is 0 Å². The first-order valence-electron chi connectivity index (χ1n) is 5.09. The molecule has 0 spiro atoms. The molecule has 0 saturated heterocycles. The van der Waals surface area contributed by atoms with Crippen molar-refractivity contribution in [2.75, 3.05) is 13.2 Å². The van der Waals surface area contributed by atoms with Crippen LogP contribution in [0, 0.1) is 0 Å². The molecule has 4 nitrogen and oxygen atoms in total. The molecule has 0 aliphatic heterocycles. The minimum atomic E-state index is -0.370. The van der Waals surface area contributed by atoms with Gasteiger partial charge in [0.2, 0.25) is 0 Å². The van der Waals surface area contributed by atoms with Crippen molar-refractivity contribution in [1.29, 1.82) is 0 Å². The highest BCUT2D eigenvalue weighted by Gasteiger charge is 2.19. The quantitative estimate of drug-likeness (QED) is 0.778. The van der Waals surface area contributed by atoms with Crippen LogP contribution in [-0.4, -0.2) is 28.7 Å². The van der Waals surface area contributed by atoms with Crippen molar-refractivity contribution in [3.63, 3.8) is 0 Å². The van der Waals surface area contributed by atoms with Crippen LogP contribution in [0.15, 0.2) is 18.5 Å². The Morgan fingerprint density at radius 3 is 2.80 bits per heavy atom. The first-order valence-corrected chi connectivity index (χ1v) is 5.09. The van der Waals surface area contributed by atoms with Gasteiger partial charge >= 0.3 is 0 Å². The molecule has 0 aliphatic carbocycles. The molecule has 84 valence electrons. The second-order valence-corrected chi connectivity index (χ2v) is 4.14. The molecular weight excluding hydrogens is 192 g/mol. The van der Waals surface area contributed by atoms with Crippen LogP contribution in [0.5, 0.6) is 0 Å². The van der Waals surface area contributed by atoms with Gasteiger partial charge in [0.25, 0.3) is 5.91 Å². The molecule has 15 heavy (non-hydrogen) atoms. The highest BCUT2D eigenvalue weighted by Crippen LogP contribution is 2.15. The van der Waals surface area contributed by atoms with E-state index in [1.165, 1.54) is 0 Å². The van der Waals surface area contributed by atoms with Gasteiger partial charge in [0.05, 0.1) is 17.7 Å². The van der Waals surface area contributed by atoms with Crippen LogP contribution >= 0.6 is 0 Å². The van der Waals surface area contributed by atoms with Gasteiger partial charge in [0, 0.05) is 18.9 Å². The summed E-state index contributed by atoms with van der Waals surface area (Å²) in [6.45, 7) is 6.36. The van der Waals surface area contributed by atoms with Gasteiger partial charge in [-0.1, -0.05) is 0 Å². The Bertz CT molecular complexity index is 342. The molecule has 1 heterocycles. The third-order valence-corrected chi connectivity index (χ3v) is 2.38. The second kappa shape index (κ2) is 4.49. The zero-order valence-electron chi connectivity index (χ0n) is 9.45. The summed E-state index contributed by atoms with van der Waals surface area (Å²) in [7, 11) is 0. The van der Waals surface area contributed by atoms with E-state index in [1.54, 1.807) is 18.5 Å². The molecule has 0 bridgehead atoms. The summed E-state index contributed by atoms with van der Waals surface area (Å²) < 4.78 is 1.84. The predicted molar refractivity (Wildman–Crippen MR) is 58.8 cm³/mol. The van der Waals surface area contributed by atoms with E-state index in [-0.39, 0.29) is 18.1 Å². The zero-order chi connectivity index (χ0) is 11.5. The molecule has 1 aromatic rings. The first-order chi connectivity index (χ1) is 7.01. The second-order valence-electron chi connectivity index (χ2n) is 4.14. The molecule has 0 aliphatic rings. The van der Waals surface area contributed by atoms with Crippen molar-refractivity contribution < 1.29 is 9.90 Å². The molecule has 0 aromatic carbocycles. The normalized spacial score (nSPS) is 11.5. The topological polar surface area (TPSA) is 54.3 Å². The Labute approximate surface area is 89.9 Å². The minimum absolute atomic E-state index is 0.0382. The predicted octanol–water partition coefficient (Wildman–Crippen LogP) is 0.965. The van der Waals surface area contributed by atoms with E-state index >= 15 is 0 Å². The molecule has 0 unspecified atom stereocenters. The van der Waals surface area contributed by atoms with Crippen molar-refractivity contribution in [2.45, 2.75) is 26.3 Å². The van der Waals surface area contributed by atoms with Gasteiger partial charge < -0.3 is 15.0 Å². The van der Waals surface area contributed by atoms with E-state index in [4.69, 9.17) is 0 Å². The van der Waals surface area contributed by atoms with E-state index in [1.807, 2.05) is 25.3 Å². The Kier molecular flexibility index (Phi) is 3.52. The number of hydrogen-bond acceptors (Lipinski definition) is 2. The summed E-state index contributed by atoms with van der Waals surface area (Å²) in [5.41, 5.74) is 0.253. The zero-order valence-corrected chi connectivity index (χ0v) is 9.45. The summed E-state index contributed by atoms with van der Waals surface area (Å²) in [6, 6.07) is 1.75. The van der Waals surface area contributed by atoms with Crippen LogP contribution in [0.3, 0.4) is 0 Å². The van der Waals surface area contributed by atoms with E-state index in [0.717, 1.165) is 0 Å². The third-order valence-electron chi connectivity index (χ3n) is 2.38. The van der Waals surface area contributed by atoms with Gasteiger partial charge in [-0.3, -0.25) is 4.79 Å². The summed E-state index contributed by atoms with van der Waals surface area (Å²) in [5.74, 6) is -0.0787. The van der Waals surface area contributed by atoms with Gasteiger partial charge in [-0.05, 0) is 26.8 Å². The number of amides is 1. The fourth-order valence-corrected chi connectivity index (χ4v) is 1.25. The number of nitrogens with zero attached hydrogens (tertiary/aromatic N) is 1. The van der Waals surface area contributed by atoms with Crippen LogP contribution in [0.2, 0.25) is 0 Å². The maximum absolute atomic E-state index is 11.5. The molecule has 0 radical (unpaired) electrons. The van der Waals surface area contributed by atoms with E-state index in [0.29, 0.717) is 12.1 Å². The number of aliphatic hydroxyl groups excluding tert-OH is 1. The highest BCUT2D eigenvalue weighted by molar-refractivity contribution is 5.93. The molecule has 0 atom stereocenters. The lowest BCUT2D eigenvalue weighted by atomic mass is 10.1. The molecular formula is C11H18N2O2. The van der Waals surface area contributed by atoms with Crippen LogP contribution in [0.1, 0.15) is 31.1 Å². The Balaban J connectivity index is 2.85. The number of nitrogens with one attached hydrogen (secondary N) is 1. The standard InChI is InChI=1S/C11H18N2O2/c1-4-12-10(15)9-5-6-13(7-9)11(2,3)8-14/h5-7,14H,4,8H2,1-3H3,(H,12,15). The first kappa shape index (κ1) is 11.8. The number of aromatic nitrogens is 1. The molecule has 0 fully saturated rings. The average Bonchev–Trinajstić information content (AvgIpc) is 2.67. The Hall–Kier alpha value is -1.29. The van der Waals surface area contributed by atoms with Crippen LogP contribution < -0.4 is 5.32 Å². The van der Waals surface area contributed by atoms with Gasteiger partial charge in [0.1, 0.15) is 0 Å². The Morgan fingerprint density at radius 2 is 2.27 bits per heavy atom. The molecule has 1 amide bonds. The molecule has 1 aromatic heterocycles.